The van der Waals surface area contributed by atoms with E-state index >= 15 is 0 Å². The molecule has 47 heavy (non-hydrogen) atoms. The van der Waals surface area contributed by atoms with Crippen LogP contribution in [0, 0.1) is 19.3 Å². The van der Waals surface area contributed by atoms with Gasteiger partial charge in [-0.25, -0.2) is 14.8 Å². The van der Waals surface area contributed by atoms with Crippen LogP contribution in [0.5, 0.6) is 5.75 Å². The number of ether oxygens (including phenoxy) is 2. The third kappa shape index (κ3) is 6.63. The predicted octanol–water partition coefficient (Wildman–Crippen LogP) is 7.45. The quantitative estimate of drug-likeness (QED) is 0.221. The molecule has 1 fully saturated rings. The number of aliphatic carboxylic acids is 1. The number of pyridine rings is 1. The van der Waals surface area contributed by atoms with E-state index in [0.29, 0.717) is 11.3 Å². The minimum atomic E-state index is -1.14. The fourth-order valence-corrected chi connectivity index (χ4v) is 7.05. The molecule has 1 saturated heterocycles. The van der Waals surface area contributed by atoms with Gasteiger partial charge in [-0.05, 0) is 94.2 Å². The van der Waals surface area contributed by atoms with Gasteiger partial charge in [0, 0.05) is 54.1 Å². The number of methoxy groups -OCH3 is 1. The van der Waals surface area contributed by atoms with Crippen LogP contribution < -0.4 is 14.5 Å². The average molecular weight is 638 g/mol. The van der Waals surface area contributed by atoms with E-state index in [-0.39, 0.29) is 5.41 Å². The molecular weight excluding hydrogens is 590 g/mol. The highest BCUT2D eigenvalue weighted by Gasteiger charge is 2.36. The Kier molecular flexibility index (Phi) is 8.63. The second-order valence-electron chi connectivity index (χ2n) is 14.8. The van der Waals surface area contributed by atoms with Crippen molar-refractivity contribution in [3.8, 4) is 16.9 Å². The van der Waals surface area contributed by atoms with Gasteiger partial charge in [-0.2, -0.15) is 0 Å². The van der Waals surface area contributed by atoms with E-state index in [9.17, 15) is 9.90 Å². The van der Waals surface area contributed by atoms with Gasteiger partial charge in [-0.15, -0.1) is 0 Å². The first-order chi connectivity index (χ1) is 22.2. The first-order valence-electron chi connectivity index (χ1n) is 16.6. The van der Waals surface area contributed by atoms with Gasteiger partial charge >= 0.3 is 5.97 Å². The molecular formula is C38H47N5O4. The van der Waals surface area contributed by atoms with Crippen LogP contribution in [0.2, 0.25) is 0 Å². The van der Waals surface area contributed by atoms with Gasteiger partial charge in [-0.1, -0.05) is 32.0 Å². The van der Waals surface area contributed by atoms with Crippen LogP contribution in [0.25, 0.3) is 22.0 Å². The Bertz CT molecular complexity index is 1820. The third-order valence-electron chi connectivity index (χ3n) is 9.60. The number of benzene rings is 2. The van der Waals surface area contributed by atoms with Gasteiger partial charge < -0.3 is 24.4 Å². The molecule has 0 saturated carbocycles. The first-order valence-corrected chi connectivity index (χ1v) is 16.6. The maximum atomic E-state index is 12.9. The van der Waals surface area contributed by atoms with Gasteiger partial charge in [0.1, 0.15) is 17.9 Å². The first kappa shape index (κ1) is 32.7. The number of nitrogens with zero attached hydrogens (tertiary/aromatic N) is 5. The zero-order valence-electron chi connectivity index (χ0n) is 29.0. The largest absolute Gasteiger partial charge is 0.497 e. The summed E-state index contributed by atoms with van der Waals surface area (Å²) in [5.41, 5.74) is 8.24. The molecule has 0 amide bonds. The molecule has 9 nitrogen and oxygen atoms in total. The van der Waals surface area contributed by atoms with Crippen molar-refractivity contribution in [2.75, 3.05) is 36.5 Å². The molecule has 0 bridgehead atoms. The average Bonchev–Trinajstić information content (AvgIpc) is 3.02. The molecule has 0 spiro atoms. The Balaban J connectivity index is 1.43. The van der Waals surface area contributed by atoms with Crippen LogP contribution in [-0.4, -0.2) is 58.4 Å². The summed E-state index contributed by atoms with van der Waals surface area (Å²) in [6.07, 6.45) is 3.38. The normalized spacial score (nSPS) is 17.0. The SMILES string of the molecule is COc1ccc2ncnc(N3CCc4cc(-c5c(C)nc(C)c([C@H](OC(C)(C)C)C(=O)O)c5N5CCC(C)(C)CC5)ccc4C3)c2c1. The molecule has 248 valence electrons. The topological polar surface area (TPSA) is 101 Å². The zero-order chi connectivity index (χ0) is 33.7. The van der Waals surface area contributed by atoms with Crippen molar-refractivity contribution in [3.05, 3.63) is 70.8 Å². The lowest BCUT2D eigenvalue weighted by Gasteiger charge is -2.41. The number of aromatic nitrogens is 3. The van der Waals surface area contributed by atoms with Crippen LogP contribution in [0.3, 0.4) is 0 Å². The molecule has 1 N–H and O–H groups in total. The number of piperidine rings is 1. The van der Waals surface area contributed by atoms with E-state index in [2.05, 4.69) is 51.8 Å². The molecule has 2 aliphatic rings. The monoisotopic (exact) mass is 637 g/mol. The molecule has 2 aliphatic heterocycles. The highest BCUT2D eigenvalue weighted by atomic mass is 16.5. The van der Waals surface area contributed by atoms with Crippen molar-refractivity contribution in [1.29, 1.82) is 0 Å². The molecule has 0 radical (unpaired) electrons. The van der Waals surface area contributed by atoms with E-state index in [1.807, 2.05) is 52.8 Å². The Morgan fingerprint density at radius 3 is 2.38 bits per heavy atom. The smallest absolute Gasteiger partial charge is 0.337 e. The molecule has 4 heterocycles. The van der Waals surface area contributed by atoms with E-state index in [4.69, 9.17) is 14.5 Å². The van der Waals surface area contributed by atoms with E-state index < -0.39 is 17.7 Å². The van der Waals surface area contributed by atoms with Gasteiger partial charge in [-0.3, -0.25) is 4.98 Å². The number of carbonyl (C=O) groups is 1. The summed E-state index contributed by atoms with van der Waals surface area (Å²) in [5, 5.41) is 11.5. The van der Waals surface area contributed by atoms with E-state index in [0.717, 1.165) is 90.4 Å². The van der Waals surface area contributed by atoms with Crippen molar-refractivity contribution in [3.63, 3.8) is 0 Å². The van der Waals surface area contributed by atoms with Crippen molar-refractivity contribution >= 4 is 28.4 Å². The fourth-order valence-electron chi connectivity index (χ4n) is 7.05. The third-order valence-corrected chi connectivity index (χ3v) is 9.60. The minimum absolute atomic E-state index is 0.236. The highest BCUT2D eigenvalue weighted by Crippen LogP contribution is 2.45. The summed E-state index contributed by atoms with van der Waals surface area (Å²) in [4.78, 5) is 31.7. The van der Waals surface area contributed by atoms with Crippen LogP contribution in [0.1, 0.15) is 81.6 Å². The number of fused-ring (bicyclic) bond motifs is 2. The van der Waals surface area contributed by atoms with Crippen LogP contribution >= 0.6 is 0 Å². The van der Waals surface area contributed by atoms with Gasteiger partial charge in [0.2, 0.25) is 0 Å². The lowest BCUT2D eigenvalue weighted by atomic mass is 9.81. The van der Waals surface area contributed by atoms with Crippen molar-refractivity contribution < 1.29 is 19.4 Å². The van der Waals surface area contributed by atoms with Crippen LogP contribution in [-0.2, 0) is 22.5 Å². The Hall–Kier alpha value is -4.24. The number of carboxylic acids is 1. The van der Waals surface area contributed by atoms with Gasteiger partial charge in [0.25, 0.3) is 0 Å². The molecule has 2 aromatic heterocycles. The molecule has 4 aromatic rings. The molecule has 6 rings (SSSR count). The van der Waals surface area contributed by atoms with Crippen molar-refractivity contribution in [2.45, 2.75) is 86.0 Å². The Morgan fingerprint density at radius 2 is 1.70 bits per heavy atom. The van der Waals surface area contributed by atoms with Crippen molar-refractivity contribution in [1.82, 2.24) is 15.0 Å². The second kappa shape index (κ2) is 12.4. The summed E-state index contributed by atoms with van der Waals surface area (Å²) in [7, 11) is 1.67. The summed E-state index contributed by atoms with van der Waals surface area (Å²) < 4.78 is 11.8. The molecule has 2 aromatic carbocycles. The summed E-state index contributed by atoms with van der Waals surface area (Å²) in [6, 6.07) is 12.6. The molecule has 0 unspecified atom stereocenters. The zero-order valence-corrected chi connectivity index (χ0v) is 29.0. The lowest BCUT2D eigenvalue weighted by molar-refractivity contribution is -0.160. The predicted molar refractivity (Wildman–Crippen MR) is 186 cm³/mol. The highest BCUT2D eigenvalue weighted by molar-refractivity contribution is 5.91. The van der Waals surface area contributed by atoms with Crippen LogP contribution in [0.4, 0.5) is 11.5 Å². The number of aryl methyl sites for hydroxylation is 2. The maximum absolute atomic E-state index is 12.9. The molecule has 9 heteroatoms. The number of rotatable bonds is 7. The van der Waals surface area contributed by atoms with E-state index in [1.165, 1.54) is 11.1 Å². The van der Waals surface area contributed by atoms with Crippen LogP contribution in [0.15, 0.2) is 42.7 Å². The summed E-state index contributed by atoms with van der Waals surface area (Å²) in [6.45, 7) is 17.5. The molecule has 1 atom stereocenters. The number of anilines is 2. The Morgan fingerprint density at radius 1 is 0.957 bits per heavy atom. The molecule has 0 aliphatic carbocycles. The standard InChI is InChI=1S/C38H47N5O4/c1-23-31(33(42-17-14-38(6,7)15-18-42)32(24(2)41-23)34(36(44)45)47-37(3,4)5)26-9-10-27-21-43(16-13-25(27)19-26)35-29-20-28(46-8)11-12-30(29)39-22-40-35/h9-12,19-20,22,34H,13-18,21H2,1-8H3,(H,44,45)/t34-/m0/s1. The number of hydrogen-bond donors (Lipinski definition) is 1. The number of carboxylic acid groups (broad SMARTS) is 1. The van der Waals surface area contributed by atoms with Gasteiger partial charge in [0.05, 0.1) is 23.9 Å². The van der Waals surface area contributed by atoms with Crippen molar-refractivity contribution in [2.24, 2.45) is 5.41 Å². The lowest BCUT2D eigenvalue weighted by Crippen LogP contribution is -2.39. The van der Waals surface area contributed by atoms with Gasteiger partial charge in [0.15, 0.2) is 6.10 Å². The summed E-state index contributed by atoms with van der Waals surface area (Å²) >= 11 is 0. The van der Waals surface area contributed by atoms with E-state index in [1.54, 1.807) is 13.4 Å². The second-order valence-corrected chi connectivity index (χ2v) is 14.8. The summed E-state index contributed by atoms with van der Waals surface area (Å²) in [5.74, 6) is 0.683. The Labute approximate surface area is 278 Å². The minimum Gasteiger partial charge on any atom is -0.497 e. The fraction of sp³-hybridized carbons (Fsp3) is 0.474. The number of hydrogen-bond acceptors (Lipinski definition) is 8. The maximum Gasteiger partial charge on any atom is 0.337 e.